The van der Waals surface area contributed by atoms with E-state index in [-0.39, 0.29) is 12.5 Å². The summed E-state index contributed by atoms with van der Waals surface area (Å²) in [7, 11) is 0. The van der Waals surface area contributed by atoms with Crippen LogP contribution in [0.4, 0.5) is 0 Å². The molecule has 4 nitrogen and oxygen atoms in total. The van der Waals surface area contributed by atoms with E-state index in [0.717, 1.165) is 12.8 Å². The predicted octanol–water partition coefficient (Wildman–Crippen LogP) is 11.1. The van der Waals surface area contributed by atoms with E-state index in [2.05, 4.69) is 12.2 Å². The minimum atomic E-state index is -0.831. The predicted molar refractivity (Wildman–Crippen MR) is 184 cm³/mol. The zero-order chi connectivity index (χ0) is 30.8. The summed E-state index contributed by atoms with van der Waals surface area (Å²) in [5.74, 6) is -0.239. The third-order valence-electron chi connectivity index (χ3n) is 8.81. The van der Waals surface area contributed by atoms with E-state index in [9.17, 15) is 15.0 Å². The lowest BCUT2D eigenvalue weighted by atomic mass is 10.0. The third-order valence-corrected chi connectivity index (χ3v) is 8.81. The molecule has 42 heavy (non-hydrogen) atoms. The molecule has 0 aromatic heterocycles. The molecule has 0 bridgehead atoms. The van der Waals surface area contributed by atoms with E-state index >= 15 is 0 Å². The number of carbonyl (C=O) groups excluding carboxylic acids is 1. The van der Waals surface area contributed by atoms with Crippen molar-refractivity contribution in [3.05, 3.63) is 12.2 Å². The van der Waals surface area contributed by atoms with Crippen LogP contribution in [0, 0.1) is 0 Å². The molecule has 0 fully saturated rings. The molecule has 2 atom stereocenters. The summed E-state index contributed by atoms with van der Waals surface area (Å²) in [5.41, 5.74) is 0. The normalized spacial score (nSPS) is 13.1. The average molecular weight is 594 g/mol. The Balaban J connectivity index is 3.20. The fourth-order valence-corrected chi connectivity index (χ4v) is 5.98. The molecule has 0 spiro atoms. The minimum Gasteiger partial charge on any atom is -0.394 e. The average Bonchev–Trinajstić information content (AvgIpc) is 2.98. The van der Waals surface area contributed by atoms with Crippen molar-refractivity contribution in [2.45, 2.75) is 219 Å². The molecule has 0 aliphatic carbocycles. The Morgan fingerprint density at radius 1 is 0.548 bits per heavy atom. The first-order chi connectivity index (χ1) is 20.6. The van der Waals surface area contributed by atoms with Crippen molar-refractivity contribution in [2.24, 2.45) is 0 Å². The first-order valence-corrected chi connectivity index (χ1v) is 18.8. The van der Waals surface area contributed by atoms with Gasteiger partial charge in [-0.25, -0.2) is 0 Å². The minimum absolute atomic E-state index is 0.239. The number of aliphatic hydroxyl groups excluding tert-OH is 2. The van der Waals surface area contributed by atoms with Gasteiger partial charge in [-0.1, -0.05) is 199 Å². The Kier molecular flexibility index (Phi) is 33.9. The lowest BCUT2D eigenvalue weighted by Crippen LogP contribution is -2.44. The maximum atomic E-state index is 11.1. The number of allylic oxidation sites excluding steroid dienone is 1. The van der Waals surface area contributed by atoms with Crippen molar-refractivity contribution in [3.8, 4) is 0 Å². The lowest BCUT2D eigenvalue weighted by Gasteiger charge is -2.18. The molecule has 4 heteroatoms. The Labute approximate surface area is 263 Å². The van der Waals surface area contributed by atoms with Gasteiger partial charge in [0.15, 0.2) is 0 Å². The van der Waals surface area contributed by atoms with Crippen LogP contribution in [0.25, 0.3) is 0 Å². The van der Waals surface area contributed by atoms with Crippen LogP contribution in [0.1, 0.15) is 206 Å². The summed E-state index contributed by atoms with van der Waals surface area (Å²) in [4.78, 5) is 11.1. The van der Waals surface area contributed by atoms with Crippen molar-refractivity contribution in [2.75, 3.05) is 6.61 Å². The quantitative estimate of drug-likeness (QED) is 0.0513. The number of aliphatic hydroxyl groups is 2. The Morgan fingerprint density at radius 3 is 1.10 bits per heavy atom. The highest BCUT2D eigenvalue weighted by Gasteiger charge is 2.16. The summed E-state index contributed by atoms with van der Waals surface area (Å²) in [6, 6.07) is -0.618. The maximum Gasteiger partial charge on any atom is 0.217 e. The van der Waals surface area contributed by atoms with Crippen LogP contribution >= 0.6 is 0 Å². The van der Waals surface area contributed by atoms with Gasteiger partial charge < -0.3 is 15.5 Å². The van der Waals surface area contributed by atoms with Gasteiger partial charge in [-0.05, 0) is 12.8 Å². The van der Waals surface area contributed by atoms with Crippen molar-refractivity contribution in [3.63, 3.8) is 0 Å². The van der Waals surface area contributed by atoms with Crippen molar-refractivity contribution in [1.82, 2.24) is 5.32 Å². The van der Waals surface area contributed by atoms with Gasteiger partial charge in [0, 0.05) is 6.92 Å². The molecule has 3 N–H and O–H groups in total. The first kappa shape index (κ1) is 41.1. The molecule has 0 saturated carbocycles. The van der Waals surface area contributed by atoms with Crippen LogP contribution < -0.4 is 5.32 Å². The van der Waals surface area contributed by atoms with Crippen LogP contribution in [-0.4, -0.2) is 34.9 Å². The van der Waals surface area contributed by atoms with Crippen molar-refractivity contribution < 1.29 is 15.0 Å². The van der Waals surface area contributed by atoms with E-state index in [1.165, 1.54) is 187 Å². The van der Waals surface area contributed by atoms with Crippen LogP contribution in [0.2, 0.25) is 0 Å². The number of rotatable bonds is 34. The molecule has 1 amide bonds. The summed E-state index contributed by atoms with van der Waals surface area (Å²) in [5, 5.41) is 21.8. The van der Waals surface area contributed by atoms with E-state index < -0.39 is 12.1 Å². The number of hydrogen-bond donors (Lipinski definition) is 3. The second-order valence-electron chi connectivity index (χ2n) is 13.1. The topological polar surface area (TPSA) is 69.6 Å². The van der Waals surface area contributed by atoms with Gasteiger partial charge in [0.2, 0.25) is 5.91 Å². The molecule has 0 heterocycles. The Hall–Kier alpha value is -0.870. The van der Waals surface area contributed by atoms with Gasteiger partial charge in [-0.15, -0.1) is 0 Å². The molecule has 250 valence electrons. The van der Waals surface area contributed by atoms with Gasteiger partial charge in [-0.3, -0.25) is 4.79 Å². The summed E-state index contributed by atoms with van der Waals surface area (Å²) >= 11 is 0. The molecule has 0 rings (SSSR count). The van der Waals surface area contributed by atoms with E-state index in [4.69, 9.17) is 0 Å². The fourth-order valence-electron chi connectivity index (χ4n) is 5.98. The SMILES string of the molecule is CCCCCCCCCCCCCCCCCCCCCCCCCCCCCCC/C=C/C(O)C(CO)NC(C)=O. The van der Waals surface area contributed by atoms with Crippen molar-refractivity contribution >= 4 is 5.91 Å². The Morgan fingerprint density at radius 2 is 0.833 bits per heavy atom. The largest absolute Gasteiger partial charge is 0.394 e. The second kappa shape index (κ2) is 34.6. The molecule has 0 saturated heterocycles. The molecule has 0 aliphatic rings. The Bertz CT molecular complexity index is 565. The summed E-state index contributed by atoms with van der Waals surface area (Å²) in [6.45, 7) is 3.43. The van der Waals surface area contributed by atoms with Gasteiger partial charge in [0.05, 0.1) is 18.8 Å². The summed E-state index contributed by atoms with van der Waals surface area (Å²) in [6.07, 6.45) is 44.9. The van der Waals surface area contributed by atoms with Crippen LogP contribution in [0.3, 0.4) is 0 Å². The number of unbranched alkanes of at least 4 members (excludes halogenated alkanes) is 29. The molecular formula is C38H75NO3. The third kappa shape index (κ3) is 32.1. The second-order valence-corrected chi connectivity index (χ2v) is 13.1. The van der Waals surface area contributed by atoms with Crippen LogP contribution in [0.15, 0.2) is 12.2 Å². The smallest absolute Gasteiger partial charge is 0.217 e. The number of amides is 1. The first-order valence-electron chi connectivity index (χ1n) is 18.8. The maximum absolute atomic E-state index is 11.1. The molecule has 2 unspecified atom stereocenters. The fraction of sp³-hybridized carbons (Fsp3) is 0.921. The highest BCUT2D eigenvalue weighted by Crippen LogP contribution is 2.16. The van der Waals surface area contributed by atoms with E-state index in [1.807, 2.05) is 6.08 Å². The highest BCUT2D eigenvalue weighted by molar-refractivity contribution is 5.73. The van der Waals surface area contributed by atoms with E-state index in [0.29, 0.717) is 0 Å². The molecule has 0 aromatic carbocycles. The number of nitrogens with one attached hydrogen (secondary N) is 1. The zero-order valence-corrected chi connectivity index (χ0v) is 28.5. The molecule has 0 aliphatic heterocycles. The number of hydrogen-bond acceptors (Lipinski definition) is 3. The van der Waals surface area contributed by atoms with Gasteiger partial charge >= 0.3 is 0 Å². The van der Waals surface area contributed by atoms with Gasteiger partial charge in [0.25, 0.3) is 0 Å². The number of carbonyl (C=O) groups is 1. The highest BCUT2D eigenvalue weighted by atomic mass is 16.3. The van der Waals surface area contributed by atoms with Crippen molar-refractivity contribution in [1.29, 1.82) is 0 Å². The van der Waals surface area contributed by atoms with E-state index in [1.54, 1.807) is 6.08 Å². The van der Waals surface area contributed by atoms with Crippen LogP contribution in [0.5, 0.6) is 0 Å². The van der Waals surface area contributed by atoms with Gasteiger partial charge in [0.1, 0.15) is 0 Å². The van der Waals surface area contributed by atoms with Crippen LogP contribution in [-0.2, 0) is 4.79 Å². The standard InChI is InChI=1S/C38H75NO3/c1-3-4-5-6-7-8-9-10-11-12-13-14-15-16-17-18-19-20-21-22-23-24-25-26-27-28-29-30-31-32-33-34-38(42)37(35-40)39-36(2)41/h33-34,37-38,40,42H,3-32,35H2,1-2H3,(H,39,41)/b34-33+. The summed E-state index contributed by atoms with van der Waals surface area (Å²) < 4.78 is 0. The molecule has 0 radical (unpaired) electrons. The lowest BCUT2D eigenvalue weighted by molar-refractivity contribution is -0.120. The molecular weight excluding hydrogens is 518 g/mol. The monoisotopic (exact) mass is 594 g/mol. The molecule has 0 aromatic rings. The van der Waals surface area contributed by atoms with Gasteiger partial charge in [-0.2, -0.15) is 0 Å². The zero-order valence-electron chi connectivity index (χ0n) is 28.5.